The number of aromatic nitrogens is 2. The van der Waals surface area contributed by atoms with Crippen molar-refractivity contribution in [3.8, 4) is 0 Å². The summed E-state index contributed by atoms with van der Waals surface area (Å²) in [4.78, 5) is 24.7. The molecule has 8 nitrogen and oxygen atoms in total. The molecule has 132 valence electrons. The zero-order valence-electron chi connectivity index (χ0n) is 13.5. The van der Waals surface area contributed by atoms with Gasteiger partial charge >= 0.3 is 5.69 Å². The van der Waals surface area contributed by atoms with E-state index < -0.39 is 4.92 Å². The van der Waals surface area contributed by atoms with E-state index in [0.29, 0.717) is 24.7 Å². The summed E-state index contributed by atoms with van der Waals surface area (Å²) in [7, 11) is 0. The maximum Gasteiger partial charge on any atom is 0.306 e. The van der Waals surface area contributed by atoms with Crippen LogP contribution < -0.4 is 5.32 Å². The third kappa shape index (κ3) is 4.15. The van der Waals surface area contributed by atoms with Crippen LogP contribution in [0.2, 0.25) is 5.02 Å². The van der Waals surface area contributed by atoms with Crippen LogP contribution in [0.3, 0.4) is 0 Å². The van der Waals surface area contributed by atoms with E-state index >= 15 is 0 Å². The van der Waals surface area contributed by atoms with Gasteiger partial charge in [-0.3, -0.25) is 19.6 Å². The van der Waals surface area contributed by atoms with Crippen LogP contribution in [0.25, 0.3) is 0 Å². The molecule has 1 aliphatic rings. The minimum absolute atomic E-state index is 0.00960. The molecule has 0 radical (unpaired) electrons. The van der Waals surface area contributed by atoms with Crippen LogP contribution >= 0.6 is 11.6 Å². The van der Waals surface area contributed by atoms with Crippen LogP contribution in [0, 0.1) is 10.1 Å². The molecule has 1 aromatic heterocycles. The van der Waals surface area contributed by atoms with Gasteiger partial charge in [0.1, 0.15) is 12.4 Å². The molecule has 0 saturated carbocycles. The van der Waals surface area contributed by atoms with Crippen LogP contribution in [-0.4, -0.2) is 45.1 Å². The topological polar surface area (TPSA) is 93.3 Å². The van der Waals surface area contributed by atoms with E-state index in [1.165, 1.54) is 17.1 Å². The second-order valence-corrected chi connectivity index (χ2v) is 6.27. The summed E-state index contributed by atoms with van der Waals surface area (Å²) in [5.41, 5.74) is 0.911. The van der Waals surface area contributed by atoms with Gasteiger partial charge in [0.15, 0.2) is 0 Å². The highest BCUT2D eigenvalue weighted by molar-refractivity contribution is 6.30. The summed E-state index contributed by atoms with van der Waals surface area (Å²) in [6.07, 6.45) is 2.75. The number of hydrogen-bond acceptors (Lipinski definition) is 5. The summed E-state index contributed by atoms with van der Waals surface area (Å²) < 4.78 is 1.42. The maximum absolute atomic E-state index is 12.7. The second kappa shape index (κ2) is 7.62. The van der Waals surface area contributed by atoms with Gasteiger partial charge < -0.3 is 10.2 Å². The lowest BCUT2D eigenvalue weighted by Crippen LogP contribution is -2.48. The summed E-state index contributed by atoms with van der Waals surface area (Å²) in [6, 6.07) is 7.43. The highest BCUT2D eigenvalue weighted by atomic mass is 35.5. The Kier molecular flexibility index (Phi) is 5.30. The van der Waals surface area contributed by atoms with Crippen LogP contribution in [-0.2, 0) is 11.3 Å². The first kappa shape index (κ1) is 17.4. The van der Waals surface area contributed by atoms with Gasteiger partial charge in [0.25, 0.3) is 0 Å². The average molecular weight is 364 g/mol. The molecule has 3 rings (SSSR count). The van der Waals surface area contributed by atoms with Crippen molar-refractivity contribution in [2.75, 3.05) is 19.6 Å². The fourth-order valence-corrected chi connectivity index (χ4v) is 3.14. The fraction of sp³-hybridized carbons (Fsp3) is 0.375. The molecule has 2 heterocycles. The van der Waals surface area contributed by atoms with Crippen molar-refractivity contribution in [3.63, 3.8) is 0 Å². The first-order valence-electron chi connectivity index (χ1n) is 7.97. The van der Waals surface area contributed by atoms with Crippen LogP contribution in [0.15, 0.2) is 36.7 Å². The number of hydrogen-bond donors (Lipinski definition) is 1. The number of carbonyl (C=O) groups is 1. The third-order valence-corrected chi connectivity index (χ3v) is 4.42. The Balaban J connectivity index is 1.67. The van der Waals surface area contributed by atoms with Gasteiger partial charge in [-0.25, -0.2) is 0 Å². The minimum Gasteiger partial charge on any atom is -0.333 e. The first-order chi connectivity index (χ1) is 12.0. The van der Waals surface area contributed by atoms with Gasteiger partial charge in [-0.2, -0.15) is 5.10 Å². The quantitative estimate of drug-likeness (QED) is 0.647. The zero-order chi connectivity index (χ0) is 17.8. The number of carbonyl (C=O) groups excluding carboxylic acids is 1. The molecule has 1 fully saturated rings. The highest BCUT2D eigenvalue weighted by Crippen LogP contribution is 2.25. The number of amides is 1. The molecule has 1 atom stereocenters. The normalized spacial score (nSPS) is 17.5. The van der Waals surface area contributed by atoms with E-state index in [4.69, 9.17) is 11.6 Å². The van der Waals surface area contributed by atoms with E-state index in [0.717, 1.165) is 12.1 Å². The van der Waals surface area contributed by atoms with Crippen LogP contribution in [0.1, 0.15) is 18.0 Å². The number of nitrogens with one attached hydrogen (secondary N) is 1. The molecule has 1 unspecified atom stereocenters. The molecule has 1 amide bonds. The van der Waals surface area contributed by atoms with E-state index in [9.17, 15) is 14.9 Å². The lowest BCUT2D eigenvalue weighted by atomic mass is 10.0. The number of aryl methyl sites for hydroxylation is 1. The molecule has 1 aromatic carbocycles. The van der Waals surface area contributed by atoms with Crippen LogP contribution in [0.4, 0.5) is 5.69 Å². The number of nitrogens with zero attached hydrogens (tertiary/aromatic N) is 4. The Hall–Kier alpha value is -2.45. The van der Waals surface area contributed by atoms with Crippen molar-refractivity contribution in [1.82, 2.24) is 20.0 Å². The SMILES string of the molecule is O=C(CCn1cc([N+](=O)[O-])cn1)N1CCNCC1c1cccc(Cl)c1. The zero-order valence-corrected chi connectivity index (χ0v) is 14.2. The van der Waals surface area contributed by atoms with Gasteiger partial charge in [-0.1, -0.05) is 23.7 Å². The Morgan fingerprint density at radius 2 is 2.32 bits per heavy atom. The van der Waals surface area contributed by atoms with Crippen molar-refractivity contribution in [3.05, 3.63) is 57.4 Å². The van der Waals surface area contributed by atoms with Gasteiger partial charge in [0, 0.05) is 37.6 Å². The van der Waals surface area contributed by atoms with Crippen molar-refractivity contribution in [2.24, 2.45) is 0 Å². The predicted octanol–water partition coefficient (Wildman–Crippen LogP) is 2.01. The molecule has 0 bridgehead atoms. The lowest BCUT2D eigenvalue weighted by Gasteiger charge is -2.36. The smallest absolute Gasteiger partial charge is 0.306 e. The molecule has 25 heavy (non-hydrogen) atoms. The minimum atomic E-state index is -0.503. The Bertz CT molecular complexity index is 779. The summed E-state index contributed by atoms with van der Waals surface area (Å²) >= 11 is 6.07. The molecule has 1 N–H and O–H groups in total. The van der Waals surface area contributed by atoms with Gasteiger partial charge in [0.05, 0.1) is 11.0 Å². The van der Waals surface area contributed by atoms with Crippen LogP contribution in [0.5, 0.6) is 0 Å². The van der Waals surface area contributed by atoms with E-state index in [1.54, 1.807) is 6.07 Å². The molecular weight excluding hydrogens is 346 g/mol. The number of benzene rings is 1. The van der Waals surface area contributed by atoms with E-state index in [-0.39, 0.29) is 24.1 Å². The molecule has 1 aliphatic heterocycles. The molecule has 0 aliphatic carbocycles. The summed E-state index contributed by atoms with van der Waals surface area (Å²) in [6.45, 7) is 2.31. The van der Waals surface area contributed by atoms with Crippen molar-refractivity contribution >= 4 is 23.2 Å². The predicted molar refractivity (Wildman–Crippen MR) is 92.3 cm³/mol. The van der Waals surface area contributed by atoms with E-state index in [1.807, 2.05) is 23.1 Å². The lowest BCUT2D eigenvalue weighted by molar-refractivity contribution is -0.385. The van der Waals surface area contributed by atoms with Crippen molar-refractivity contribution in [2.45, 2.75) is 19.0 Å². The van der Waals surface area contributed by atoms with Gasteiger partial charge in [-0.05, 0) is 17.7 Å². The third-order valence-electron chi connectivity index (χ3n) is 4.18. The molecule has 1 saturated heterocycles. The Morgan fingerprint density at radius 3 is 3.04 bits per heavy atom. The van der Waals surface area contributed by atoms with Gasteiger partial charge in [-0.15, -0.1) is 0 Å². The Morgan fingerprint density at radius 1 is 1.48 bits per heavy atom. The van der Waals surface area contributed by atoms with Crippen molar-refractivity contribution in [1.29, 1.82) is 0 Å². The average Bonchev–Trinajstić information content (AvgIpc) is 3.09. The number of piperazine rings is 1. The van der Waals surface area contributed by atoms with Crippen molar-refractivity contribution < 1.29 is 9.72 Å². The summed E-state index contributed by atoms with van der Waals surface area (Å²) in [5, 5.41) is 18.5. The number of nitro groups is 1. The molecule has 0 spiro atoms. The van der Waals surface area contributed by atoms with Gasteiger partial charge in [0.2, 0.25) is 5.91 Å². The van der Waals surface area contributed by atoms with E-state index in [2.05, 4.69) is 10.4 Å². The monoisotopic (exact) mass is 363 g/mol. The highest BCUT2D eigenvalue weighted by Gasteiger charge is 2.27. The number of halogens is 1. The standard InChI is InChI=1S/C16H18ClN5O3/c17-13-3-1-2-12(8-13)15-10-18-5-7-21(15)16(23)4-6-20-11-14(9-19-20)22(24)25/h1-3,8-9,11,15,18H,4-7,10H2. The first-order valence-corrected chi connectivity index (χ1v) is 8.35. The maximum atomic E-state index is 12.7. The summed E-state index contributed by atoms with van der Waals surface area (Å²) in [5.74, 6) is -0.00960. The largest absolute Gasteiger partial charge is 0.333 e. The molecular formula is C16H18ClN5O3. The fourth-order valence-electron chi connectivity index (χ4n) is 2.94. The Labute approximate surface area is 149 Å². The molecule has 2 aromatic rings. The molecule has 9 heteroatoms. The second-order valence-electron chi connectivity index (χ2n) is 5.83. The number of rotatable bonds is 5.